The Balaban J connectivity index is 2.85. The van der Waals surface area contributed by atoms with Crippen LogP contribution in [0.15, 0.2) is 0 Å². The number of hydrogen-bond acceptors (Lipinski definition) is 2. The van der Waals surface area contributed by atoms with E-state index in [0.717, 1.165) is 6.42 Å². The molecule has 1 unspecified atom stereocenters. The van der Waals surface area contributed by atoms with E-state index in [-0.39, 0.29) is 11.8 Å². The van der Waals surface area contributed by atoms with Crippen LogP contribution in [0, 0.1) is 0 Å². The van der Waals surface area contributed by atoms with Crippen molar-refractivity contribution in [3.05, 3.63) is 0 Å². The Kier molecular flexibility index (Phi) is 2.81. The minimum atomic E-state index is -1.05. The van der Waals surface area contributed by atoms with Crippen LogP contribution in [0.2, 0.25) is 0 Å². The summed E-state index contributed by atoms with van der Waals surface area (Å²) in [7, 11) is 0. The molecule has 0 radical (unpaired) electrons. The Morgan fingerprint density at radius 2 is 2.23 bits per heavy atom. The fourth-order valence-electron chi connectivity index (χ4n) is 1.66. The molecule has 1 N–H and O–H groups in total. The molecular weight excluding hydrogens is 194 g/mol. The number of carboxylic acids is 1. The number of halogens is 1. The summed E-state index contributed by atoms with van der Waals surface area (Å²) in [6, 6.07) is 0. The van der Waals surface area contributed by atoms with Gasteiger partial charge in [-0.3, -0.25) is 4.79 Å². The second-order valence-electron chi connectivity index (χ2n) is 3.36. The van der Waals surface area contributed by atoms with Gasteiger partial charge in [-0.2, -0.15) is 0 Å². The van der Waals surface area contributed by atoms with Crippen molar-refractivity contribution in [3.8, 4) is 0 Å². The van der Waals surface area contributed by atoms with Gasteiger partial charge >= 0.3 is 5.97 Å². The number of aliphatic carboxylic acids is 1. The summed E-state index contributed by atoms with van der Waals surface area (Å²) in [6.07, 6.45) is 1.23. The molecule has 0 saturated carbocycles. The van der Waals surface area contributed by atoms with Gasteiger partial charge < -0.3 is 10.0 Å². The van der Waals surface area contributed by atoms with Gasteiger partial charge in [-0.1, -0.05) is 0 Å². The Labute approximate surface area is 81.5 Å². The molecule has 1 atom stereocenters. The SMILES string of the molecule is CC1(C(=O)O)CCCN1C(=O)CCl. The molecule has 1 heterocycles. The van der Waals surface area contributed by atoms with Gasteiger partial charge in [0, 0.05) is 6.54 Å². The second kappa shape index (κ2) is 3.54. The van der Waals surface area contributed by atoms with Crippen molar-refractivity contribution in [1.29, 1.82) is 0 Å². The molecular formula is C8H12ClNO3. The largest absolute Gasteiger partial charge is 0.480 e. The predicted molar refractivity (Wildman–Crippen MR) is 47.7 cm³/mol. The zero-order valence-electron chi connectivity index (χ0n) is 7.42. The molecule has 13 heavy (non-hydrogen) atoms. The van der Waals surface area contributed by atoms with Gasteiger partial charge in [0.15, 0.2) is 0 Å². The van der Waals surface area contributed by atoms with E-state index in [4.69, 9.17) is 16.7 Å². The van der Waals surface area contributed by atoms with Crippen LogP contribution in [0.5, 0.6) is 0 Å². The molecule has 74 valence electrons. The standard InChI is InChI=1S/C8H12ClNO3/c1-8(7(12)13)3-2-4-10(8)6(11)5-9/h2-5H2,1H3,(H,12,13). The minimum absolute atomic E-state index is 0.150. The van der Waals surface area contributed by atoms with Crippen LogP contribution in [0.25, 0.3) is 0 Å². The fourth-order valence-corrected chi connectivity index (χ4v) is 1.80. The zero-order valence-corrected chi connectivity index (χ0v) is 8.17. The van der Waals surface area contributed by atoms with Crippen molar-refractivity contribution in [2.75, 3.05) is 12.4 Å². The Hall–Kier alpha value is -0.770. The molecule has 0 bridgehead atoms. The maximum atomic E-state index is 11.3. The molecule has 1 fully saturated rings. The number of hydrogen-bond donors (Lipinski definition) is 1. The van der Waals surface area contributed by atoms with Crippen LogP contribution >= 0.6 is 11.6 Å². The highest BCUT2D eigenvalue weighted by Crippen LogP contribution is 2.29. The van der Waals surface area contributed by atoms with E-state index in [1.807, 2.05) is 0 Å². The topological polar surface area (TPSA) is 57.6 Å². The normalized spacial score (nSPS) is 27.7. The van der Waals surface area contributed by atoms with Crippen molar-refractivity contribution in [3.63, 3.8) is 0 Å². The number of likely N-dealkylation sites (tertiary alicyclic amines) is 1. The number of rotatable bonds is 2. The number of carbonyl (C=O) groups excluding carboxylic acids is 1. The van der Waals surface area contributed by atoms with Crippen LogP contribution in [0.3, 0.4) is 0 Å². The second-order valence-corrected chi connectivity index (χ2v) is 3.63. The first-order valence-corrected chi connectivity index (χ1v) is 4.65. The van der Waals surface area contributed by atoms with Gasteiger partial charge in [0.2, 0.25) is 5.91 Å². The summed E-state index contributed by atoms with van der Waals surface area (Å²) in [5.74, 6) is -1.41. The maximum absolute atomic E-state index is 11.3. The summed E-state index contributed by atoms with van der Waals surface area (Å²) < 4.78 is 0. The molecule has 4 nitrogen and oxygen atoms in total. The van der Waals surface area contributed by atoms with Crippen molar-refractivity contribution >= 4 is 23.5 Å². The highest BCUT2D eigenvalue weighted by molar-refractivity contribution is 6.27. The van der Waals surface area contributed by atoms with Crippen molar-refractivity contribution < 1.29 is 14.7 Å². The zero-order chi connectivity index (χ0) is 10.1. The molecule has 1 saturated heterocycles. The Bertz CT molecular complexity index is 244. The molecule has 0 aromatic rings. The predicted octanol–water partition coefficient (Wildman–Crippen LogP) is 0.691. The quantitative estimate of drug-likeness (QED) is 0.675. The number of carbonyl (C=O) groups is 2. The van der Waals surface area contributed by atoms with E-state index in [1.165, 1.54) is 4.90 Å². The first-order valence-electron chi connectivity index (χ1n) is 4.12. The third kappa shape index (κ3) is 1.63. The lowest BCUT2D eigenvalue weighted by molar-refractivity contribution is -0.154. The first-order chi connectivity index (χ1) is 6.02. The summed E-state index contributed by atoms with van der Waals surface area (Å²) >= 11 is 5.38. The van der Waals surface area contributed by atoms with Crippen LogP contribution in [0.1, 0.15) is 19.8 Å². The molecule has 1 aliphatic heterocycles. The lowest BCUT2D eigenvalue weighted by atomic mass is 9.99. The number of carboxylic acid groups (broad SMARTS) is 1. The van der Waals surface area contributed by atoms with Crippen molar-refractivity contribution in [2.24, 2.45) is 0 Å². The fraction of sp³-hybridized carbons (Fsp3) is 0.750. The molecule has 1 rings (SSSR count). The molecule has 0 aromatic carbocycles. The van der Waals surface area contributed by atoms with E-state index in [2.05, 4.69) is 0 Å². The summed E-state index contributed by atoms with van der Waals surface area (Å²) in [5, 5.41) is 8.95. The van der Waals surface area contributed by atoms with Gasteiger partial charge in [0.1, 0.15) is 11.4 Å². The smallest absolute Gasteiger partial charge is 0.329 e. The third-order valence-corrected chi connectivity index (χ3v) is 2.75. The maximum Gasteiger partial charge on any atom is 0.329 e. The third-order valence-electron chi connectivity index (χ3n) is 2.52. The lowest BCUT2D eigenvalue weighted by Crippen LogP contribution is -2.51. The van der Waals surface area contributed by atoms with Gasteiger partial charge in [-0.15, -0.1) is 11.6 Å². The lowest BCUT2D eigenvalue weighted by Gasteiger charge is -2.30. The molecule has 1 amide bonds. The Morgan fingerprint density at radius 3 is 2.69 bits per heavy atom. The molecule has 5 heteroatoms. The van der Waals surface area contributed by atoms with Crippen LogP contribution < -0.4 is 0 Å². The Morgan fingerprint density at radius 1 is 1.62 bits per heavy atom. The van der Waals surface area contributed by atoms with Gasteiger partial charge in [-0.25, -0.2) is 4.79 Å². The van der Waals surface area contributed by atoms with Gasteiger partial charge in [-0.05, 0) is 19.8 Å². The number of nitrogens with zero attached hydrogens (tertiary/aromatic N) is 1. The van der Waals surface area contributed by atoms with Crippen molar-refractivity contribution in [2.45, 2.75) is 25.3 Å². The van der Waals surface area contributed by atoms with Crippen LogP contribution in [0.4, 0.5) is 0 Å². The van der Waals surface area contributed by atoms with E-state index in [1.54, 1.807) is 6.92 Å². The average Bonchev–Trinajstić information content (AvgIpc) is 2.47. The van der Waals surface area contributed by atoms with Crippen LogP contribution in [-0.4, -0.2) is 39.8 Å². The minimum Gasteiger partial charge on any atom is -0.480 e. The van der Waals surface area contributed by atoms with Crippen LogP contribution in [-0.2, 0) is 9.59 Å². The molecule has 0 spiro atoms. The summed E-state index contributed by atoms with van der Waals surface area (Å²) in [4.78, 5) is 23.5. The highest BCUT2D eigenvalue weighted by atomic mass is 35.5. The first kappa shape index (κ1) is 10.3. The van der Waals surface area contributed by atoms with E-state index in [9.17, 15) is 9.59 Å². The monoisotopic (exact) mass is 205 g/mol. The highest BCUT2D eigenvalue weighted by Gasteiger charge is 2.45. The molecule has 0 aromatic heterocycles. The summed E-state index contributed by atoms with van der Waals surface area (Å²) in [6.45, 7) is 2.06. The molecule has 0 aliphatic carbocycles. The van der Waals surface area contributed by atoms with Gasteiger partial charge in [0.25, 0.3) is 0 Å². The number of amides is 1. The number of alkyl halides is 1. The van der Waals surface area contributed by atoms with Gasteiger partial charge in [0.05, 0.1) is 0 Å². The van der Waals surface area contributed by atoms with E-state index < -0.39 is 11.5 Å². The van der Waals surface area contributed by atoms with E-state index in [0.29, 0.717) is 13.0 Å². The summed E-state index contributed by atoms with van der Waals surface area (Å²) in [5.41, 5.74) is -1.05. The van der Waals surface area contributed by atoms with E-state index >= 15 is 0 Å². The van der Waals surface area contributed by atoms with Crippen molar-refractivity contribution in [1.82, 2.24) is 4.90 Å². The average molecular weight is 206 g/mol. The molecule has 1 aliphatic rings.